The molecule has 1 aromatic rings. The molecular formula is C23H33NO3. The lowest BCUT2D eigenvalue weighted by Crippen LogP contribution is -2.04. The number of nitrogens with two attached hydrogens (primary N) is 1. The molecule has 0 radical (unpaired) electrons. The minimum atomic E-state index is -0.404. The summed E-state index contributed by atoms with van der Waals surface area (Å²) in [5.74, 6) is 0.0929. The van der Waals surface area contributed by atoms with Gasteiger partial charge in [0.15, 0.2) is 0 Å². The van der Waals surface area contributed by atoms with Crippen LogP contribution in [0.3, 0.4) is 0 Å². The average molecular weight is 372 g/mol. The van der Waals surface area contributed by atoms with E-state index in [0.29, 0.717) is 23.6 Å². The van der Waals surface area contributed by atoms with Crippen molar-refractivity contribution in [2.75, 3.05) is 19.5 Å². The Balaban J connectivity index is 2.47. The molecule has 0 saturated heterocycles. The number of carbonyl (C=O) groups excluding carboxylic acids is 1. The molecule has 4 heteroatoms. The molecule has 0 heterocycles. The summed E-state index contributed by atoms with van der Waals surface area (Å²) in [7, 11) is 1.35. The number of nitrogen functional groups attached to an aromatic ring is 1. The van der Waals surface area contributed by atoms with Crippen LogP contribution in [0.4, 0.5) is 5.69 Å². The topological polar surface area (TPSA) is 61.5 Å². The van der Waals surface area contributed by atoms with Crippen LogP contribution in [-0.2, 0) is 4.74 Å². The van der Waals surface area contributed by atoms with Crippen molar-refractivity contribution in [3.8, 4) is 5.75 Å². The van der Waals surface area contributed by atoms with Crippen LogP contribution in [-0.4, -0.2) is 19.7 Å². The normalized spacial score (nSPS) is 11.9. The molecule has 0 aliphatic heterocycles. The fraction of sp³-hybridized carbons (Fsp3) is 0.435. The lowest BCUT2D eigenvalue weighted by Gasteiger charge is -2.09. The molecule has 27 heavy (non-hydrogen) atoms. The highest BCUT2D eigenvalue weighted by molar-refractivity contribution is 5.90. The van der Waals surface area contributed by atoms with Crippen LogP contribution in [0.25, 0.3) is 0 Å². The monoisotopic (exact) mass is 371 g/mol. The summed E-state index contributed by atoms with van der Waals surface area (Å²) in [6.45, 7) is 8.98. The van der Waals surface area contributed by atoms with E-state index in [2.05, 4.69) is 45.9 Å². The van der Waals surface area contributed by atoms with Crippen molar-refractivity contribution in [1.29, 1.82) is 0 Å². The summed E-state index contributed by atoms with van der Waals surface area (Å²) in [5, 5.41) is 0. The second kappa shape index (κ2) is 12.0. The third-order valence-electron chi connectivity index (χ3n) is 4.23. The van der Waals surface area contributed by atoms with Gasteiger partial charge in [0.25, 0.3) is 0 Å². The van der Waals surface area contributed by atoms with E-state index in [1.54, 1.807) is 18.2 Å². The summed E-state index contributed by atoms with van der Waals surface area (Å²) in [6.07, 6.45) is 10.9. The minimum absolute atomic E-state index is 0.404. The van der Waals surface area contributed by atoms with E-state index in [9.17, 15) is 4.79 Å². The predicted octanol–water partition coefficient (Wildman–Crippen LogP) is 5.85. The first-order valence-corrected chi connectivity index (χ1v) is 9.38. The van der Waals surface area contributed by atoms with Gasteiger partial charge in [-0.3, -0.25) is 0 Å². The van der Waals surface area contributed by atoms with Crippen molar-refractivity contribution in [1.82, 2.24) is 0 Å². The number of ether oxygens (including phenoxy) is 2. The Morgan fingerprint density at radius 3 is 2.26 bits per heavy atom. The fourth-order valence-corrected chi connectivity index (χ4v) is 2.52. The van der Waals surface area contributed by atoms with Crippen molar-refractivity contribution in [3.05, 3.63) is 58.7 Å². The Morgan fingerprint density at radius 2 is 1.63 bits per heavy atom. The van der Waals surface area contributed by atoms with Gasteiger partial charge in [0, 0.05) is 0 Å². The molecule has 148 valence electrons. The van der Waals surface area contributed by atoms with E-state index in [-0.39, 0.29) is 0 Å². The standard InChI is InChI=1S/C23H33NO3/c1-17(2)8-6-9-18(3)10-7-11-19(4)14-15-27-22-16-20(23(25)26-5)12-13-21(22)24/h8,10,12-14,16H,6-7,9,11,15,24H2,1-5H3. The maximum Gasteiger partial charge on any atom is 0.337 e. The lowest BCUT2D eigenvalue weighted by atomic mass is 10.1. The Labute approximate surface area is 163 Å². The van der Waals surface area contributed by atoms with Gasteiger partial charge in [-0.15, -0.1) is 0 Å². The maximum atomic E-state index is 11.6. The molecule has 4 nitrogen and oxygen atoms in total. The van der Waals surface area contributed by atoms with Crippen LogP contribution in [0.1, 0.15) is 63.7 Å². The van der Waals surface area contributed by atoms with E-state index < -0.39 is 5.97 Å². The Morgan fingerprint density at radius 1 is 1.00 bits per heavy atom. The maximum absolute atomic E-state index is 11.6. The van der Waals surface area contributed by atoms with E-state index in [1.807, 2.05) is 0 Å². The fourth-order valence-electron chi connectivity index (χ4n) is 2.52. The molecule has 1 aromatic carbocycles. The largest absolute Gasteiger partial charge is 0.487 e. The molecule has 0 aromatic heterocycles. The molecule has 0 aliphatic carbocycles. The van der Waals surface area contributed by atoms with Crippen LogP contribution >= 0.6 is 0 Å². The molecular weight excluding hydrogens is 338 g/mol. The zero-order valence-electron chi connectivity index (χ0n) is 17.3. The van der Waals surface area contributed by atoms with E-state index in [0.717, 1.165) is 25.7 Å². The van der Waals surface area contributed by atoms with Gasteiger partial charge in [0.1, 0.15) is 12.4 Å². The first kappa shape index (κ1) is 22.6. The molecule has 1 rings (SSSR count). The van der Waals surface area contributed by atoms with Gasteiger partial charge in [-0.2, -0.15) is 0 Å². The summed E-state index contributed by atoms with van der Waals surface area (Å²) < 4.78 is 10.4. The van der Waals surface area contributed by atoms with Gasteiger partial charge in [0.2, 0.25) is 0 Å². The van der Waals surface area contributed by atoms with Gasteiger partial charge >= 0.3 is 5.97 Å². The number of carbonyl (C=O) groups is 1. The quantitative estimate of drug-likeness (QED) is 0.318. The van der Waals surface area contributed by atoms with Crippen molar-refractivity contribution < 1.29 is 14.3 Å². The van der Waals surface area contributed by atoms with Crippen LogP contribution in [0, 0.1) is 0 Å². The number of anilines is 1. The zero-order chi connectivity index (χ0) is 20.2. The number of esters is 1. The third-order valence-corrected chi connectivity index (χ3v) is 4.23. The van der Waals surface area contributed by atoms with Gasteiger partial charge < -0.3 is 15.2 Å². The molecule has 0 saturated carbocycles. The summed E-state index contributed by atoms with van der Waals surface area (Å²) >= 11 is 0. The van der Waals surface area contributed by atoms with Gasteiger partial charge in [-0.05, 0) is 77.7 Å². The zero-order valence-corrected chi connectivity index (χ0v) is 17.3. The highest BCUT2D eigenvalue weighted by atomic mass is 16.5. The second-order valence-corrected chi connectivity index (χ2v) is 7.01. The van der Waals surface area contributed by atoms with Crippen LogP contribution in [0.2, 0.25) is 0 Å². The minimum Gasteiger partial charge on any atom is -0.487 e. The smallest absolute Gasteiger partial charge is 0.337 e. The molecule has 2 N–H and O–H groups in total. The highest BCUT2D eigenvalue weighted by Crippen LogP contribution is 2.23. The second-order valence-electron chi connectivity index (χ2n) is 7.01. The van der Waals surface area contributed by atoms with E-state index >= 15 is 0 Å². The van der Waals surface area contributed by atoms with Crippen molar-refractivity contribution >= 4 is 11.7 Å². The number of allylic oxidation sites excluding steroid dienone is 5. The Bertz CT molecular complexity index is 710. The molecule has 0 unspecified atom stereocenters. The van der Waals surface area contributed by atoms with Crippen LogP contribution in [0.15, 0.2) is 53.1 Å². The van der Waals surface area contributed by atoms with Crippen LogP contribution < -0.4 is 10.5 Å². The first-order valence-electron chi connectivity index (χ1n) is 9.38. The van der Waals surface area contributed by atoms with Gasteiger partial charge in [-0.25, -0.2) is 4.79 Å². The van der Waals surface area contributed by atoms with Crippen molar-refractivity contribution in [3.63, 3.8) is 0 Å². The SMILES string of the molecule is COC(=O)c1ccc(N)c(OCC=C(C)CCC=C(C)CCC=C(C)C)c1. The molecule has 0 atom stereocenters. The van der Waals surface area contributed by atoms with Crippen LogP contribution in [0.5, 0.6) is 5.75 Å². The molecule has 0 amide bonds. The van der Waals surface area contributed by atoms with Gasteiger partial charge in [0.05, 0.1) is 18.4 Å². The highest BCUT2D eigenvalue weighted by Gasteiger charge is 2.09. The number of methoxy groups -OCH3 is 1. The Hall–Kier alpha value is -2.49. The molecule has 0 fully saturated rings. The lowest BCUT2D eigenvalue weighted by molar-refractivity contribution is 0.0600. The number of benzene rings is 1. The van der Waals surface area contributed by atoms with E-state index in [1.165, 1.54) is 23.8 Å². The summed E-state index contributed by atoms with van der Waals surface area (Å²) in [4.78, 5) is 11.6. The first-order chi connectivity index (χ1) is 12.8. The predicted molar refractivity (Wildman–Crippen MR) is 113 cm³/mol. The molecule has 0 aliphatic rings. The number of hydrogen-bond acceptors (Lipinski definition) is 4. The summed E-state index contributed by atoms with van der Waals surface area (Å²) in [6, 6.07) is 4.89. The molecule has 0 bridgehead atoms. The van der Waals surface area contributed by atoms with E-state index in [4.69, 9.17) is 15.2 Å². The van der Waals surface area contributed by atoms with Crippen molar-refractivity contribution in [2.45, 2.75) is 53.4 Å². The number of rotatable bonds is 10. The Kier molecular flexibility index (Phi) is 10.0. The van der Waals surface area contributed by atoms with Crippen molar-refractivity contribution in [2.24, 2.45) is 0 Å². The third kappa shape index (κ3) is 9.13. The van der Waals surface area contributed by atoms with Gasteiger partial charge in [-0.1, -0.05) is 28.9 Å². The number of hydrogen-bond donors (Lipinski definition) is 1. The summed E-state index contributed by atoms with van der Waals surface area (Å²) in [5.41, 5.74) is 10.9. The average Bonchev–Trinajstić information content (AvgIpc) is 2.62. The molecule has 0 spiro atoms.